The van der Waals surface area contributed by atoms with Crippen LogP contribution in [0.1, 0.15) is 25.8 Å². The summed E-state index contributed by atoms with van der Waals surface area (Å²) in [5.41, 5.74) is 6.51. The van der Waals surface area contributed by atoms with Crippen molar-refractivity contribution in [3.63, 3.8) is 0 Å². The molecule has 0 saturated heterocycles. The minimum atomic E-state index is 0.550. The van der Waals surface area contributed by atoms with Crippen molar-refractivity contribution in [1.82, 2.24) is 9.97 Å². The molecule has 2 heterocycles. The Balaban J connectivity index is 0.000000606. The Labute approximate surface area is 100 Å². The van der Waals surface area contributed by atoms with E-state index in [1.54, 1.807) is 17.4 Å². The summed E-state index contributed by atoms with van der Waals surface area (Å²) < 4.78 is 0. The number of hydrogen-bond donors (Lipinski definition) is 1. The first kappa shape index (κ1) is 12.6. The van der Waals surface area contributed by atoms with E-state index < -0.39 is 0 Å². The number of nitrogen functional groups attached to an aromatic ring is 1. The Morgan fingerprint density at radius 3 is 2.62 bits per heavy atom. The summed E-state index contributed by atoms with van der Waals surface area (Å²) in [4.78, 5) is 9.60. The molecule has 2 aromatic heterocycles. The number of thiazole rings is 1. The molecule has 16 heavy (non-hydrogen) atoms. The minimum Gasteiger partial charge on any atom is -0.384 e. The lowest BCUT2D eigenvalue weighted by molar-refractivity contribution is 1.09. The molecule has 0 atom stereocenters. The predicted molar refractivity (Wildman–Crippen MR) is 70.5 cm³/mol. The Kier molecular flexibility index (Phi) is 4.92. The van der Waals surface area contributed by atoms with Gasteiger partial charge in [-0.3, -0.25) is 0 Å². The van der Waals surface area contributed by atoms with Crippen LogP contribution < -0.4 is 5.73 Å². The fourth-order valence-corrected chi connectivity index (χ4v) is 2.01. The highest BCUT2D eigenvalue weighted by Gasteiger charge is 2.04. The molecule has 0 saturated carbocycles. The zero-order chi connectivity index (χ0) is 12.0. The molecule has 0 bridgehead atoms. The van der Waals surface area contributed by atoms with Crippen LogP contribution in [0.2, 0.25) is 0 Å². The quantitative estimate of drug-likeness (QED) is 0.868. The average molecular weight is 235 g/mol. The Hall–Kier alpha value is -1.42. The van der Waals surface area contributed by atoms with E-state index in [0.717, 1.165) is 22.0 Å². The summed E-state index contributed by atoms with van der Waals surface area (Å²) in [6.45, 7) is 6.09. The summed E-state index contributed by atoms with van der Waals surface area (Å²) in [5, 5.41) is 1.13. The van der Waals surface area contributed by atoms with Crippen molar-refractivity contribution in [2.45, 2.75) is 27.2 Å². The maximum absolute atomic E-state index is 5.61. The zero-order valence-corrected chi connectivity index (χ0v) is 10.7. The molecule has 0 aromatic carbocycles. The third kappa shape index (κ3) is 3.03. The molecule has 0 aliphatic heterocycles. The largest absolute Gasteiger partial charge is 0.384 e. The third-order valence-corrected chi connectivity index (χ3v) is 3.04. The number of nitrogens with two attached hydrogens (primary N) is 1. The van der Waals surface area contributed by atoms with Crippen molar-refractivity contribution >= 4 is 17.2 Å². The Morgan fingerprint density at radius 1 is 1.31 bits per heavy atom. The first-order valence-corrected chi connectivity index (χ1v) is 6.29. The van der Waals surface area contributed by atoms with Crippen molar-refractivity contribution in [2.24, 2.45) is 0 Å². The van der Waals surface area contributed by atoms with E-state index in [9.17, 15) is 0 Å². The molecule has 0 aliphatic rings. The number of aryl methyl sites for hydroxylation is 1. The van der Waals surface area contributed by atoms with Gasteiger partial charge in [-0.15, -0.1) is 11.3 Å². The molecule has 0 amide bonds. The summed E-state index contributed by atoms with van der Waals surface area (Å²) in [5.74, 6) is 0.550. The molecule has 4 heteroatoms. The number of rotatable bonds is 2. The van der Waals surface area contributed by atoms with Gasteiger partial charge in [-0.25, -0.2) is 9.97 Å². The maximum atomic E-state index is 5.61. The van der Waals surface area contributed by atoms with Crippen LogP contribution in [0.15, 0.2) is 24.4 Å². The second kappa shape index (κ2) is 6.23. The number of pyridine rings is 1. The van der Waals surface area contributed by atoms with Crippen LogP contribution >= 0.6 is 11.3 Å². The molecule has 2 rings (SSSR count). The number of nitrogens with zero attached hydrogens (tertiary/aromatic N) is 2. The normalized spacial score (nSPS) is 9.44. The average Bonchev–Trinajstić information content (AvgIpc) is 2.80. The Bertz CT molecular complexity index is 437. The van der Waals surface area contributed by atoms with Crippen molar-refractivity contribution in [3.8, 4) is 10.6 Å². The van der Waals surface area contributed by atoms with Gasteiger partial charge < -0.3 is 5.73 Å². The fourth-order valence-electron chi connectivity index (χ4n) is 1.18. The Morgan fingerprint density at radius 2 is 2.06 bits per heavy atom. The molecule has 0 unspecified atom stereocenters. The lowest BCUT2D eigenvalue weighted by atomic mass is 10.3. The molecule has 86 valence electrons. The van der Waals surface area contributed by atoms with Crippen LogP contribution in [0.4, 0.5) is 5.82 Å². The van der Waals surface area contributed by atoms with Gasteiger partial charge in [0.05, 0.1) is 15.6 Å². The van der Waals surface area contributed by atoms with Crippen molar-refractivity contribution in [3.05, 3.63) is 29.4 Å². The van der Waals surface area contributed by atoms with E-state index in [0.29, 0.717) is 5.82 Å². The summed E-state index contributed by atoms with van der Waals surface area (Å²) >= 11 is 1.67. The maximum Gasteiger partial charge on any atom is 0.124 e. The van der Waals surface area contributed by atoms with Gasteiger partial charge in [0.25, 0.3) is 0 Å². The molecule has 2 N–H and O–H groups in total. The van der Waals surface area contributed by atoms with Crippen molar-refractivity contribution in [1.29, 1.82) is 0 Å². The topological polar surface area (TPSA) is 51.8 Å². The highest BCUT2D eigenvalue weighted by molar-refractivity contribution is 7.15. The van der Waals surface area contributed by atoms with E-state index in [1.165, 1.54) is 0 Å². The standard InChI is InChI=1S/C10H11N3S.C2H6/c1-2-10-12-6-8(14-10)7-4-3-5-9(11)13-7;1-2/h3-6H,2H2,1H3,(H2,11,13);1-2H3. The van der Waals surface area contributed by atoms with Crippen molar-refractivity contribution < 1.29 is 0 Å². The number of hydrogen-bond acceptors (Lipinski definition) is 4. The summed E-state index contributed by atoms with van der Waals surface area (Å²) in [7, 11) is 0. The molecule has 0 fully saturated rings. The van der Waals surface area contributed by atoms with E-state index in [-0.39, 0.29) is 0 Å². The van der Waals surface area contributed by atoms with E-state index >= 15 is 0 Å². The van der Waals surface area contributed by atoms with Gasteiger partial charge in [0, 0.05) is 6.20 Å². The van der Waals surface area contributed by atoms with Gasteiger partial charge in [-0.2, -0.15) is 0 Å². The summed E-state index contributed by atoms with van der Waals surface area (Å²) in [6.07, 6.45) is 2.82. The fraction of sp³-hybridized carbons (Fsp3) is 0.333. The van der Waals surface area contributed by atoms with Gasteiger partial charge in [0.1, 0.15) is 5.82 Å². The van der Waals surface area contributed by atoms with Crippen LogP contribution in [0.3, 0.4) is 0 Å². The number of anilines is 1. The monoisotopic (exact) mass is 235 g/mol. The molecule has 0 aliphatic carbocycles. The molecular formula is C12H17N3S. The zero-order valence-electron chi connectivity index (χ0n) is 9.90. The third-order valence-electron chi connectivity index (χ3n) is 1.88. The minimum absolute atomic E-state index is 0.550. The first-order valence-electron chi connectivity index (χ1n) is 5.47. The van der Waals surface area contributed by atoms with Gasteiger partial charge in [-0.05, 0) is 18.6 Å². The second-order valence-corrected chi connectivity index (χ2v) is 4.03. The highest BCUT2D eigenvalue weighted by Crippen LogP contribution is 2.24. The van der Waals surface area contributed by atoms with Crippen LogP contribution in [0.25, 0.3) is 10.6 Å². The van der Waals surface area contributed by atoms with Gasteiger partial charge >= 0.3 is 0 Å². The highest BCUT2D eigenvalue weighted by atomic mass is 32.1. The van der Waals surface area contributed by atoms with Gasteiger partial charge in [0.2, 0.25) is 0 Å². The second-order valence-electron chi connectivity index (χ2n) is 2.92. The molecule has 2 aromatic rings. The molecular weight excluding hydrogens is 218 g/mol. The predicted octanol–water partition coefficient (Wildman–Crippen LogP) is 3.38. The van der Waals surface area contributed by atoms with Gasteiger partial charge in [-0.1, -0.05) is 26.8 Å². The molecule has 3 nitrogen and oxygen atoms in total. The van der Waals surface area contributed by atoms with Crippen LogP contribution in [-0.2, 0) is 6.42 Å². The smallest absolute Gasteiger partial charge is 0.124 e. The van der Waals surface area contributed by atoms with Crippen LogP contribution in [0.5, 0.6) is 0 Å². The molecule has 0 radical (unpaired) electrons. The number of aromatic nitrogens is 2. The SMILES string of the molecule is CC.CCc1ncc(-c2cccc(N)n2)s1. The van der Waals surface area contributed by atoms with Gasteiger partial charge in [0.15, 0.2) is 0 Å². The first-order chi connectivity index (χ1) is 7.79. The van der Waals surface area contributed by atoms with E-state index in [2.05, 4.69) is 16.9 Å². The molecule has 0 spiro atoms. The van der Waals surface area contributed by atoms with E-state index in [4.69, 9.17) is 5.73 Å². The van der Waals surface area contributed by atoms with Crippen LogP contribution in [-0.4, -0.2) is 9.97 Å². The van der Waals surface area contributed by atoms with E-state index in [1.807, 2.05) is 32.2 Å². The lowest BCUT2D eigenvalue weighted by Crippen LogP contribution is -1.89. The summed E-state index contributed by atoms with van der Waals surface area (Å²) in [6, 6.07) is 5.64. The van der Waals surface area contributed by atoms with Crippen molar-refractivity contribution in [2.75, 3.05) is 5.73 Å². The van der Waals surface area contributed by atoms with Crippen LogP contribution in [0, 0.1) is 0 Å². The lowest BCUT2D eigenvalue weighted by Gasteiger charge is -1.96.